The van der Waals surface area contributed by atoms with Crippen molar-refractivity contribution in [3.63, 3.8) is 0 Å². The van der Waals surface area contributed by atoms with Gasteiger partial charge in [-0.2, -0.15) is 0 Å². The number of benzene rings is 1. The Morgan fingerprint density at radius 3 is 3.05 bits per heavy atom. The lowest BCUT2D eigenvalue weighted by atomic mass is 10.2. The molecule has 5 nitrogen and oxygen atoms in total. The molecule has 2 rings (SSSR count). The Labute approximate surface area is 115 Å². The Hall–Kier alpha value is -1.92. The van der Waals surface area contributed by atoms with Gasteiger partial charge in [-0.05, 0) is 24.6 Å². The van der Waals surface area contributed by atoms with Crippen LogP contribution in [0.1, 0.15) is 16.8 Å². The molecule has 1 aromatic carbocycles. The molecule has 0 fully saturated rings. The second kappa shape index (κ2) is 6.86. The number of rotatable bonds is 6. The van der Waals surface area contributed by atoms with Gasteiger partial charge in [-0.15, -0.1) is 11.3 Å². The Kier molecular flexibility index (Phi) is 4.88. The summed E-state index contributed by atoms with van der Waals surface area (Å²) in [6, 6.07) is 7.22. The van der Waals surface area contributed by atoms with Crippen LogP contribution in [0.4, 0.5) is 10.8 Å². The number of amides is 1. The van der Waals surface area contributed by atoms with Crippen LogP contribution in [0.5, 0.6) is 0 Å². The van der Waals surface area contributed by atoms with Gasteiger partial charge in [0.1, 0.15) is 0 Å². The minimum Gasteiger partial charge on any atom is -0.396 e. The topological polar surface area (TPSA) is 74.2 Å². The predicted octanol–water partition coefficient (Wildman–Crippen LogP) is 2.00. The van der Waals surface area contributed by atoms with Gasteiger partial charge in [-0.25, -0.2) is 4.98 Å². The zero-order valence-corrected chi connectivity index (χ0v) is 11.1. The molecule has 0 saturated carbocycles. The van der Waals surface area contributed by atoms with Gasteiger partial charge in [0.15, 0.2) is 5.13 Å². The fourth-order valence-electron chi connectivity index (χ4n) is 1.53. The van der Waals surface area contributed by atoms with Gasteiger partial charge in [-0.3, -0.25) is 4.79 Å². The van der Waals surface area contributed by atoms with E-state index in [-0.39, 0.29) is 12.5 Å². The Bertz CT molecular complexity index is 528. The van der Waals surface area contributed by atoms with Gasteiger partial charge >= 0.3 is 0 Å². The van der Waals surface area contributed by atoms with E-state index in [2.05, 4.69) is 15.6 Å². The fraction of sp³-hybridized carbons (Fsp3) is 0.231. The minimum atomic E-state index is -0.142. The number of nitrogens with zero attached hydrogens (tertiary/aromatic N) is 1. The second-order valence-corrected chi connectivity index (χ2v) is 4.77. The van der Waals surface area contributed by atoms with Gasteiger partial charge in [0.05, 0.1) is 0 Å². The maximum atomic E-state index is 11.8. The van der Waals surface area contributed by atoms with Crippen molar-refractivity contribution in [3.05, 3.63) is 41.4 Å². The fourth-order valence-corrected chi connectivity index (χ4v) is 2.08. The van der Waals surface area contributed by atoms with Gasteiger partial charge in [0.25, 0.3) is 5.91 Å². The monoisotopic (exact) mass is 277 g/mol. The number of aliphatic hydroxyl groups excluding tert-OH is 1. The van der Waals surface area contributed by atoms with Crippen LogP contribution in [0.2, 0.25) is 0 Å². The molecular formula is C13H15N3O2S. The number of aliphatic hydroxyl groups is 1. The van der Waals surface area contributed by atoms with Crippen molar-refractivity contribution < 1.29 is 9.90 Å². The maximum Gasteiger partial charge on any atom is 0.251 e. The van der Waals surface area contributed by atoms with Crippen LogP contribution in [-0.4, -0.2) is 29.1 Å². The molecule has 3 N–H and O–H groups in total. The molecule has 1 amide bonds. The Morgan fingerprint density at radius 2 is 2.32 bits per heavy atom. The number of carbonyl (C=O) groups is 1. The molecule has 0 aliphatic carbocycles. The molecule has 0 spiro atoms. The van der Waals surface area contributed by atoms with E-state index in [0.29, 0.717) is 18.5 Å². The van der Waals surface area contributed by atoms with Crippen molar-refractivity contribution in [2.75, 3.05) is 18.5 Å². The van der Waals surface area contributed by atoms with Crippen LogP contribution in [0, 0.1) is 0 Å². The number of carbonyl (C=O) groups excluding carboxylic acids is 1. The van der Waals surface area contributed by atoms with Gasteiger partial charge in [0.2, 0.25) is 0 Å². The normalized spacial score (nSPS) is 10.2. The SMILES string of the molecule is O=C(NCCCO)c1cccc(Nc2nccs2)c1. The smallest absolute Gasteiger partial charge is 0.251 e. The van der Waals surface area contributed by atoms with Crippen molar-refractivity contribution in [3.8, 4) is 0 Å². The summed E-state index contributed by atoms with van der Waals surface area (Å²) in [5.41, 5.74) is 1.41. The van der Waals surface area contributed by atoms with Crippen molar-refractivity contribution in [1.82, 2.24) is 10.3 Å². The molecule has 0 bridgehead atoms. The van der Waals surface area contributed by atoms with E-state index in [4.69, 9.17) is 5.11 Å². The average molecular weight is 277 g/mol. The van der Waals surface area contributed by atoms with E-state index in [1.54, 1.807) is 18.3 Å². The third-order valence-corrected chi connectivity index (χ3v) is 3.12. The minimum absolute atomic E-state index is 0.0753. The lowest BCUT2D eigenvalue weighted by molar-refractivity contribution is 0.0951. The van der Waals surface area contributed by atoms with Crippen molar-refractivity contribution in [2.45, 2.75) is 6.42 Å². The van der Waals surface area contributed by atoms with Crippen LogP contribution >= 0.6 is 11.3 Å². The molecule has 6 heteroatoms. The highest BCUT2D eigenvalue weighted by atomic mass is 32.1. The number of aromatic nitrogens is 1. The summed E-state index contributed by atoms with van der Waals surface area (Å²) < 4.78 is 0. The summed E-state index contributed by atoms with van der Waals surface area (Å²) in [5, 5.41) is 17.2. The molecule has 0 aliphatic heterocycles. The second-order valence-electron chi connectivity index (χ2n) is 3.88. The van der Waals surface area contributed by atoms with Crippen LogP contribution in [0.25, 0.3) is 0 Å². The number of hydrogen-bond acceptors (Lipinski definition) is 5. The first-order chi connectivity index (χ1) is 9.29. The Morgan fingerprint density at radius 1 is 1.42 bits per heavy atom. The van der Waals surface area contributed by atoms with Crippen LogP contribution in [0.3, 0.4) is 0 Å². The average Bonchev–Trinajstić information content (AvgIpc) is 2.92. The van der Waals surface area contributed by atoms with E-state index >= 15 is 0 Å². The van der Waals surface area contributed by atoms with Gasteiger partial charge < -0.3 is 15.7 Å². The summed E-state index contributed by atoms with van der Waals surface area (Å²) in [5.74, 6) is -0.142. The number of anilines is 2. The van der Waals surface area contributed by atoms with Crippen LogP contribution < -0.4 is 10.6 Å². The number of thiazole rings is 1. The number of nitrogens with one attached hydrogen (secondary N) is 2. The van der Waals surface area contributed by atoms with E-state index in [0.717, 1.165) is 10.8 Å². The first-order valence-corrected chi connectivity index (χ1v) is 6.83. The van der Waals surface area contributed by atoms with E-state index in [1.807, 2.05) is 17.5 Å². The lowest BCUT2D eigenvalue weighted by Crippen LogP contribution is -2.24. The summed E-state index contributed by atoms with van der Waals surface area (Å²) >= 11 is 1.50. The summed E-state index contributed by atoms with van der Waals surface area (Å²) in [4.78, 5) is 16.0. The molecule has 1 aromatic heterocycles. The van der Waals surface area contributed by atoms with E-state index < -0.39 is 0 Å². The standard InChI is InChI=1S/C13H15N3O2S/c17-7-2-5-14-12(18)10-3-1-4-11(9-10)16-13-15-6-8-19-13/h1,3-4,6,8-9,17H,2,5,7H2,(H,14,18)(H,15,16). The molecule has 0 aliphatic rings. The van der Waals surface area contributed by atoms with Crippen molar-refractivity contribution in [1.29, 1.82) is 0 Å². The van der Waals surface area contributed by atoms with Gasteiger partial charge in [0, 0.05) is 36.0 Å². The van der Waals surface area contributed by atoms with E-state index in [1.165, 1.54) is 11.3 Å². The molecule has 0 saturated heterocycles. The molecule has 0 atom stereocenters. The molecule has 1 heterocycles. The number of hydrogen-bond donors (Lipinski definition) is 3. The first kappa shape index (κ1) is 13.5. The Balaban J connectivity index is 2.00. The highest BCUT2D eigenvalue weighted by Gasteiger charge is 2.06. The van der Waals surface area contributed by atoms with Crippen LogP contribution in [-0.2, 0) is 0 Å². The first-order valence-electron chi connectivity index (χ1n) is 5.95. The van der Waals surface area contributed by atoms with Crippen molar-refractivity contribution in [2.24, 2.45) is 0 Å². The molecule has 0 radical (unpaired) electrons. The molecule has 19 heavy (non-hydrogen) atoms. The quantitative estimate of drug-likeness (QED) is 0.706. The molecule has 0 unspecified atom stereocenters. The van der Waals surface area contributed by atoms with Gasteiger partial charge in [-0.1, -0.05) is 6.07 Å². The molecule has 100 valence electrons. The highest BCUT2D eigenvalue weighted by molar-refractivity contribution is 7.13. The predicted molar refractivity (Wildman–Crippen MR) is 75.9 cm³/mol. The summed E-state index contributed by atoms with van der Waals surface area (Å²) in [6.07, 6.45) is 2.28. The summed E-state index contributed by atoms with van der Waals surface area (Å²) in [6.45, 7) is 0.547. The maximum absolute atomic E-state index is 11.8. The van der Waals surface area contributed by atoms with Crippen molar-refractivity contribution >= 4 is 28.1 Å². The molecule has 2 aromatic rings. The highest BCUT2D eigenvalue weighted by Crippen LogP contribution is 2.19. The summed E-state index contributed by atoms with van der Waals surface area (Å²) in [7, 11) is 0. The zero-order chi connectivity index (χ0) is 13.5. The van der Waals surface area contributed by atoms with E-state index in [9.17, 15) is 4.79 Å². The zero-order valence-electron chi connectivity index (χ0n) is 10.3. The molecular weight excluding hydrogens is 262 g/mol. The lowest BCUT2D eigenvalue weighted by Gasteiger charge is -2.07. The largest absolute Gasteiger partial charge is 0.396 e. The third kappa shape index (κ3) is 4.04. The third-order valence-electron chi connectivity index (χ3n) is 2.43. The van der Waals surface area contributed by atoms with Crippen LogP contribution in [0.15, 0.2) is 35.8 Å².